The van der Waals surface area contributed by atoms with E-state index in [4.69, 9.17) is 9.47 Å². The van der Waals surface area contributed by atoms with Gasteiger partial charge < -0.3 is 20.1 Å². The number of carbonyl (C=O) groups is 1. The van der Waals surface area contributed by atoms with Crippen LogP contribution in [0, 0.1) is 13.8 Å². The van der Waals surface area contributed by atoms with E-state index in [0.717, 1.165) is 17.0 Å². The minimum Gasteiger partial charge on any atom is -0.495 e. The van der Waals surface area contributed by atoms with Crippen LogP contribution in [0.5, 0.6) is 11.5 Å². The maximum absolute atomic E-state index is 12.7. The van der Waals surface area contributed by atoms with Gasteiger partial charge in [0.05, 0.1) is 19.4 Å². The standard InChI is InChI=1S/C22H24N4O3/c1-5-29-17-9-7-16(8-10-17)25-22(27)19-13-21(24-15(3)23-19)26-18-12-14(2)6-11-20(18)28-4/h6-13H,5H2,1-4H3,(H,25,27)(H,23,24,26). The van der Waals surface area contributed by atoms with Crippen LogP contribution in [-0.4, -0.2) is 29.6 Å². The molecule has 2 aromatic carbocycles. The molecule has 0 aliphatic heterocycles. The summed E-state index contributed by atoms with van der Waals surface area (Å²) in [6.45, 7) is 6.25. The average Bonchev–Trinajstić information content (AvgIpc) is 2.69. The maximum atomic E-state index is 12.7. The summed E-state index contributed by atoms with van der Waals surface area (Å²) in [7, 11) is 1.61. The fourth-order valence-corrected chi connectivity index (χ4v) is 2.80. The molecular formula is C22H24N4O3. The van der Waals surface area contributed by atoms with Crippen molar-refractivity contribution in [2.24, 2.45) is 0 Å². The molecule has 3 rings (SSSR count). The van der Waals surface area contributed by atoms with Gasteiger partial charge in [-0.15, -0.1) is 0 Å². The van der Waals surface area contributed by atoms with Crippen molar-refractivity contribution in [3.8, 4) is 11.5 Å². The summed E-state index contributed by atoms with van der Waals surface area (Å²) in [6.07, 6.45) is 0. The zero-order chi connectivity index (χ0) is 20.8. The molecule has 29 heavy (non-hydrogen) atoms. The SMILES string of the molecule is CCOc1ccc(NC(=O)c2cc(Nc3cc(C)ccc3OC)nc(C)n2)cc1. The molecule has 0 fully saturated rings. The molecule has 0 radical (unpaired) electrons. The first-order chi connectivity index (χ1) is 14.0. The lowest BCUT2D eigenvalue weighted by Crippen LogP contribution is -2.15. The number of nitrogens with zero attached hydrogens (tertiary/aromatic N) is 2. The number of ether oxygens (including phenoxy) is 2. The molecule has 0 aliphatic carbocycles. The Bertz CT molecular complexity index is 1000. The van der Waals surface area contributed by atoms with Crippen molar-refractivity contribution in [2.45, 2.75) is 20.8 Å². The lowest BCUT2D eigenvalue weighted by molar-refractivity contribution is 0.102. The van der Waals surface area contributed by atoms with E-state index in [0.29, 0.717) is 29.7 Å². The Morgan fingerprint density at radius 3 is 2.48 bits per heavy atom. The van der Waals surface area contributed by atoms with E-state index in [1.54, 1.807) is 44.4 Å². The van der Waals surface area contributed by atoms with Crippen molar-refractivity contribution in [3.63, 3.8) is 0 Å². The molecule has 7 heteroatoms. The third kappa shape index (κ3) is 5.22. The van der Waals surface area contributed by atoms with E-state index >= 15 is 0 Å². The number of methoxy groups -OCH3 is 1. The molecule has 1 heterocycles. The number of rotatable bonds is 7. The molecule has 2 N–H and O–H groups in total. The predicted molar refractivity (Wildman–Crippen MR) is 113 cm³/mol. The second-order valence-corrected chi connectivity index (χ2v) is 6.43. The Hall–Kier alpha value is -3.61. The quantitative estimate of drug-likeness (QED) is 0.616. The van der Waals surface area contributed by atoms with Gasteiger partial charge in [0.25, 0.3) is 5.91 Å². The smallest absolute Gasteiger partial charge is 0.274 e. The van der Waals surface area contributed by atoms with E-state index < -0.39 is 0 Å². The van der Waals surface area contributed by atoms with E-state index in [9.17, 15) is 4.79 Å². The fraction of sp³-hybridized carbons (Fsp3) is 0.227. The predicted octanol–water partition coefficient (Wildman–Crippen LogP) is 4.50. The van der Waals surface area contributed by atoms with Gasteiger partial charge in [0, 0.05) is 11.8 Å². The summed E-state index contributed by atoms with van der Waals surface area (Å²) in [5.41, 5.74) is 2.76. The molecule has 1 amide bonds. The van der Waals surface area contributed by atoms with E-state index in [1.807, 2.05) is 32.0 Å². The molecule has 1 aromatic heterocycles. The molecule has 7 nitrogen and oxygen atoms in total. The monoisotopic (exact) mass is 392 g/mol. The van der Waals surface area contributed by atoms with Crippen LogP contribution >= 0.6 is 0 Å². The third-order valence-corrected chi connectivity index (χ3v) is 4.11. The van der Waals surface area contributed by atoms with Crippen LogP contribution in [0.1, 0.15) is 28.8 Å². The van der Waals surface area contributed by atoms with Gasteiger partial charge in [-0.2, -0.15) is 0 Å². The van der Waals surface area contributed by atoms with Gasteiger partial charge in [-0.05, 0) is 62.7 Å². The van der Waals surface area contributed by atoms with Crippen LogP contribution in [0.25, 0.3) is 0 Å². The number of hydrogen-bond acceptors (Lipinski definition) is 6. The highest BCUT2D eigenvalue weighted by molar-refractivity contribution is 6.03. The normalized spacial score (nSPS) is 10.3. The summed E-state index contributed by atoms with van der Waals surface area (Å²) < 4.78 is 10.8. The lowest BCUT2D eigenvalue weighted by atomic mass is 10.2. The largest absolute Gasteiger partial charge is 0.495 e. The first-order valence-electron chi connectivity index (χ1n) is 9.30. The Balaban J connectivity index is 1.79. The number of anilines is 3. The number of benzene rings is 2. The Kier molecular flexibility index (Phi) is 6.29. The number of aryl methyl sites for hydroxylation is 2. The Labute approximate surface area is 170 Å². The molecule has 0 unspecified atom stereocenters. The van der Waals surface area contributed by atoms with Crippen molar-refractivity contribution in [1.82, 2.24) is 9.97 Å². The van der Waals surface area contributed by atoms with Gasteiger partial charge in [-0.25, -0.2) is 9.97 Å². The first-order valence-corrected chi connectivity index (χ1v) is 9.30. The third-order valence-electron chi connectivity index (χ3n) is 4.11. The van der Waals surface area contributed by atoms with Crippen molar-refractivity contribution in [3.05, 3.63) is 65.6 Å². The van der Waals surface area contributed by atoms with Crippen molar-refractivity contribution in [1.29, 1.82) is 0 Å². The zero-order valence-electron chi connectivity index (χ0n) is 16.9. The second kappa shape index (κ2) is 9.05. The average molecular weight is 392 g/mol. The van der Waals surface area contributed by atoms with Crippen LogP contribution in [0.4, 0.5) is 17.2 Å². The summed E-state index contributed by atoms with van der Waals surface area (Å²) in [5.74, 6) is 2.12. The highest BCUT2D eigenvalue weighted by Gasteiger charge is 2.13. The Morgan fingerprint density at radius 1 is 1.03 bits per heavy atom. The molecule has 0 saturated carbocycles. The molecule has 0 saturated heterocycles. The van der Waals surface area contributed by atoms with Gasteiger partial charge >= 0.3 is 0 Å². The fourth-order valence-electron chi connectivity index (χ4n) is 2.80. The number of hydrogen-bond donors (Lipinski definition) is 2. The highest BCUT2D eigenvalue weighted by Crippen LogP contribution is 2.28. The topological polar surface area (TPSA) is 85.4 Å². The van der Waals surface area contributed by atoms with Crippen LogP contribution in [0.3, 0.4) is 0 Å². The van der Waals surface area contributed by atoms with Crippen LogP contribution < -0.4 is 20.1 Å². The number of amides is 1. The van der Waals surface area contributed by atoms with E-state index in [-0.39, 0.29) is 11.6 Å². The first kappa shape index (κ1) is 20.1. The molecule has 3 aromatic rings. The Morgan fingerprint density at radius 2 is 1.79 bits per heavy atom. The van der Waals surface area contributed by atoms with Crippen LogP contribution in [0.2, 0.25) is 0 Å². The minimum atomic E-state index is -0.320. The minimum absolute atomic E-state index is 0.264. The lowest BCUT2D eigenvalue weighted by Gasteiger charge is -2.13. The van der Waals surface area contributed by atoms with Gasteiger partial charge in [-0.1, -0.05) is 6.07 Å². The van der Waals surface area contributed by atoms with E-state index in [1.165, 1.54) is 0 Å². The van der Waals surface area contributed by atoms with Crippen LogP contribution in [-0.2, 0) is 0 Å². The summed E-state index contributed by atoms with van der Waals surface area (Å²) in [4.78, 5) is 21.3. The van der Waals surface area contributed by atoms with Gasteiger partial charge in [-0.3, -0.25) is 4.79 Å². The van der Waals surface area contributed by atoms with Crippen molar-refractivity contribution >= 4 is 23.1 Å². The van der Waals surface area contributed by atoms with Crippen LogP contribution in [0.15, 0.2) is 48.5 Å². The summed E-state index contributed by atoms with van der Waals surface area (Å²) in [5, 5.41) is 6.05. The number of carbonyl (C=O) groups excluding carboxylic acids is 1. The number of aromatic nitrogens is 2. The van der Waals surface area contributed by atoms with Gasteiger partial charge in [0.2, 0.25) is 0 Å². The molecular weight excluding hydrogens is 368 g/mol. The molecule has 0 bridgehead atoms. The van der Waals surface area contributed by atoms with Gasteiger partial charge in [0.1, 0.15) is 28.8 Å². The molecule has 0 aliphatic rings. The van der Waals surface area contributed by atoms with Crippen molar-refractivity contribution in [2.75, 3.05) is 24.4 Å². The molecule has 150 valence electrons. The maximum Gasteiger partial charge on any atom is 0.274 e. The molecule has 0 atom stereocenters. The van der Waals surface area contributed by atoms with Crippen molar-refractivity contribution < 1.29 is 14.3 Å². The highest BCUT2D eigenvalue weighted by atomic mass is 16.5. The second-order valence-electron chi connectivity index (χ2n) is 6.43. The molecule has 0 spiro atoms. The number of nitrogens with one attached hydrogen (secondary N) is 2. The van der Waals surface area contributed by atoms with Gasteiger partial charge in [0.15, 0.2) is 0 Å². The summed E-state index contributed by atoms with van der Waals surface area (Å²) in [6, 6.07) is 14.6. The summed E-state index contributed by atoms with van der Waals surface area (Å²) >= 11 is 0. The van der Waals surface area contributed by atoms with E-state index in [2.05, 4.69) is 20.6 Å². The zero-order valence-corrected chi connectivity index (χ0v) is 16.9.